The third-order valence-corrected chi connectivity index (χ3v) is 5.00. The van der Waals surface area contributed by atoms with Gasteiger partial charge in [0, 0.05) is 11.1 Å². The van der Waals surface area contributed by atoms with Crippen LogP contribution in [-0.4, -0.2) is 28.0 Å². The molecule has 1 aliphatic heterocycles. The predicted molar refractivity (Wildman–Crippen MR) is 76.3 cm³/mol. The molecule has 1 heterocycles. The maximum atomic E-state index is 13.9. The molecule has 1 aromatic rings. The normalized spacial score (nSPS) is 27.6. The lowest BCUT2D eigenvalue weighted by atomic mass is 10.1. The predicted octanol–water partition coefficient (Wildman–Crippen LogP) is 5.48. The molecule has 1 aromatic carbocycles. The van der Waals surface area contributed by atoms with Crippen molar-refractivity contribution in [2.75, 3.05) is 0 Å². The average Bonchev–Trinajstić information content (AvgIpc) is 2.92. The first-order chi connectivity index (χ1) is 11.0. The number of allylic oxidation sites excluding steroid dienone is 2. The van der Waals surface area contributed by atoms with E-state index in [9.17, 15) is 30.7 Å². The van der Waals surface area contributed by atoms with Gasteiger partial charge in [-0.15, -0.1) is 0 Å². The van der Waals surface area contributed by atoms with Crippen LogP contribution >= 0.6 is 11.8 Å². The van der Waals surface area contributed by atoms with Crippen LogP contribution in [0.2, 0.25) is 0 Å². The number of rotatable bonds is 2. The highest BCUT2D eigenvalue weighted by atomic mass is 32.2. The van der Waals surface area contributed by atoms with Crippen molar-refractivity contribution >= 4 is 16.7 Å². The van der Waals surface area contributed by atoms with Gasteiger partial charge in [-0.2, -0.15) is 26.3 Å². The maximum Gasteiger partial charge on any atom is 0.384 e. The fourth-order valence-corrected chi connectivity index (χ4v) is 3.63. The van der Waals surface area contributed by atoms with Crippen LogP contribution in [0.15, 0.2) is 48.1 Å². The van der Waals surface area contributed by atoms with E-state index in [2.05, 4.69) is 0 Å². The second-order valence-corrected chi connectivity index (χ2v) is 6.73. The lowest BCUT2D eigenvalue weighted by Crippen LogP contribution is -2.50. The van der Waals surface area contributed by atoms with E-state index in [-0.39, 0.29) is 0 Å². The Hall–Kier alpha value is -1.64. The Morgan fingerprint density at radius 1 is 0.958 bits per heavy atom. The monoisotopic (exact) mass is 369 g/mol. The molecule has 2 aliphatic rings. The molecular formula is C15H10F7NS. The summed E-state index contributed by atoms with van der Waals surface area (Å²) in [6, 6.07) is 8.30. The zero-order chi connectivity index (χ0) is 17.9. The molecule has 1 nitrogen and oxygen atoms in total. The minimum atomic E-state index is -5.83. The second-order valence-electron chi connectivity index (χ2n) is 5.37. The van der Waals surface area contributed by atoms with E-state index in [1.165, 1.54) is 6.92 Å². The van der Waals surface area contributed by atoms with Gasteiger partial charge in [0.05, 0.1) is 5.37 Å². The molecule has 0 radical (unpaired) electrons. The lowest BCUT2D eigenvalue weighted by molar-refractivity contribution is -0.270. The van der Waals surface area contributed by atoms with E-state index < -0.39 is 34.7 Å². The number of hydrogen-bond acceptors (Lipinski definition) is 2. The Kier molecular flexibility index (Phi) is 3.71. The molecule has 1 aliphatic carbocycles. The Balaban J connectivity index is 2.08. The Bertz CT molecular complexity index is 727. The van der Waals surface area contributed by atoms with Crippen molar-refractivity contribution < 1.29 is 30.7 Å². The molecule has 24 heavy (non-hydrogen) atoms. The van der Waals surface area contributed by atoms with Crippen LogP contribution in [-0.2, 0) is 0 Å². The van der Waals surface area contributed by atoms with Gasteiger partial charge in [0.1, 0.15) is 5.70 Å². The van der Waals surface area contributed by atoms with Crippen LogP contribution in [0, 0.1) is 0 Å². The van der Waals surface area contributed by atoms with Crippen molar-refractivity contribution in [1.82, 2.24) is 4.90 Å². The summed E-state index contributed by atoms with van der Waals surface area (Å²) in [6.07, 6.45) is 0.991. The van der Waals surface area contributed by atoms with Crippen LogP contribution < -0.4 is 0 Å². The first-order valence-corrected chi connectivity index (χ1v) is 7.66. The summed E-state index contributed by atoms with van der Waals surface area (Å²) >= 11 is 0.980. The van der Waals surface area contributed by atoms with Crippen molar-refractivity contribution in [2.45, 2.75) is 30.1 Å². The molecule has 1 atom stereocenters. The van der Waals surface area contributed by atoms with Gasteiger partial charge in [-0.3, -0.25) is 0 Å². The molecule has 0 saturated heterocycles. The Labute approximate surface area is 136 Å². The zero-order valence-corrected chi connectivity index (χ0v) is 12.9. The molecule has 0 spiro atoms. The maximum absolute atomic E-state index is 13.9. The number of thioether (sulfide) groups is 1. The van der Waals surface area contributed by atoms with E-state index >= 15 is 0 Å². The Morgan fingerprint density at radius 2 is 1.54 bits per heavy atom. The molecule has 0 bridgehead atoms. The molecular weight excluding hydrogens is 359 g/mol. The molecule has 0 aromatic heterocycles. The highest BCUT2D eigenvalue weighted by Crippen LogP contribution is 2.61. The van der Waals surface area contributed by atoms with Crippen molar-refractivity contribution in [3.05, 3.63) is 53.6 Å². The minimum Gasteiger partial charge on any atom is -0.330 e. The summed E-state index contributed by atoms with van der Waals surface area (Å²) in [6.45, 7) is 1.34. The van der Waals surface area contributed by atoms with Gasteiger partial charge >= 0.3 is 17.8 Å². The van der Waals surface area contributed by atoms with Crippen LogP contribution in [0.4, 0.5) is 30.7 Å². The van der Waals surface area contributed by atoms with Crippen LogP contribution in [0.3, 0.4) is 0 Å². The molecule has 130 valence electrons. The summed E-state index contributed by atoms with van der Waals surface area (Å²) in [5.41, 5.74) is -1.40. The summed E-state index contributed by atoms with van der Waals surface area (Å²) < 4.78 is 95.0. The number of alkyl halides is 6. The van der Waals surface area contributed by atoms with E-state index in [4.69, 9.17) is 0 Å². The molecule has 0 N–H and O–H groups in total. The summed E-state index contributed by atoms with van der Waals surface area (Å²) in [5.74, 6) is -19.5. The Morgan fingerprint density at radius 3 is 2.04 bits per heavy atom. The number of hydrogen-bond donors (Lipinski definition) is 0. The number of nitrogens with zero attached hydrogens (tertiary/aromatic N) is 1. The molecule has 9 heteroatoms. The van der Waals surface area contributed by atoms with Gasteiger partial charge in [-0.25, -0.2) is 4.39 Å². The smallest absolute Gasteiger partial charge is 0.330 e. The quantitative estimate of drug-likeness (QED) is 0.635. The van der Waals surface area contributed by atoms with E-state index in [1.807, 2.05) is 0 Å². The van der Waals surface area contributed by atoms with Crippen molar-refractivity contribution in [3.8, 4) is 0 Å². The standard InChI is InChI=1S/C15H10F7NS/c1-8-23(7-10(24-8)9-5-3-2-4-6-9)12-11(16)13(17,18)15(21,22)14(12,19)20/h2-8H,1H3. The molecule has 0 fully saturated rings. The van der Waals surface area contributed by atoms with Gasteiger partial charge in [0.15, 0.2) is 0 Å². The lowest BCUT2D eigenvalue weighted by Gasteiger charge is -2.29. The second kappa shape index (κ2) is 5.18. The molecule has 0 amide bonds. The average molecular weight is 369 g/mol. The molecule has 3 rings (SSSR count). The van der Waals surface area contributed by atoms with Gasteiger partial charge in [-0.1, -0.05) is 42.1 Å². The van der Waals surface area contributed by atoms with Gasteiger partial charge in [0.2, 0.25) is 5.83 Å². The van der Waals surface area contributed by atoms with E-state index in [0.29, 0.717) is 15.4 Å². The number of benzene rings is 1. The SMILES string of the molecule is CC1SC(c2ccccc2)=CN1C1=C(F)C(F)(F)C(F)(F)C1(F)F. The summed E-state index contributed by atoms with van der Waals surface area (Å²) in [5, 5.41) is -0.948. The van der Waals surface area contributed by atoms with Gasteiger partial charge in [0.25, 0.3) is 0 Å². The third-order valence-electron chi connectivity index (χ3n) is 3.83. The largest absolute Gasteiger partial charge is 0.384 e. The topological polar surface area (TPSA) is 3.24 Å². The highest BCUT2D eigenvalue weighted by molar-refractivity contribution is 8.09. The van der Waals surface area contributed by atoms with Crippen LogP contribution in [0.5, 0.6) is 0 Å². The number of halogens is 7. The fourth-order valence-electron chi connectivity index (χ4n) is 2.54. The first kappa shape index (κ1) is 17.2. The molecule has 0 saturated carbocycles. The summed E-state index contributed by atoms with van der Waals surface area (Å²) in [7, 11) is 0. The molecule has 1 unspecified atom stereocenters. The fraction of sp³-hybridized carbons (Fsp3) is 0.333. The first-order valence-electron chi connectivity index (χ1n) is 6.78. The van der Waals surface area contributed by atoms with Crippen LogP contribution in [0.25, 0.3) is 4.91 Å². The van der Waals surface area contributed by atoms with Crippen molar-refractivity contribution in [3.63, 3.8) is 0 Å². The van der Waals surface area contributed by atoms with Gasteiger partial charge < -0.3 is 4.90 Å². The zero-order valence-electron chi connectivity index (χ0n) is 12.0. The van der Waals surface area contributed by atoms with E-state index in [0.717, 1.165) is 18.0 Å². The van der Waals surface area contributed by atoms with Crippen molar-refractivity contribution in [2.24, 2.45) is 0 Å². The summed E-state index contributed by atoms with van der Waals surface area (Å²) in [4.78, 5) is 0.842. The third kappa shape index (κ3) is 2.09. The van der Waals surface area contributed by atoms with Crippen LogP contribution in [0.1, 0.15) is 12.5 Å². The van der Waals surface area contributed by atoms with E-state index in [1.54, 1.807) is 30.3 Å². The minimum absolute atomic E-state index is 0.387. The van der Waals surface area contributed by atoms with Gasteiger partial charge in [-0.05, 0) is 12.5 Å². The van der Waals surface area contributed by atoms with Crippen molar-refractivity contribution in [1.29, 1.82) is 0 Å². The highest BCUT2D eigenvalue weighted by Gasteiger charge is 2.82.